The van der Waals surface area contributed by atoms with Gasteiger partial charge in [0.05, 0.1) is 0 Å². The molecule has 0 nitrogen and oxygen atoms in total. The number of rotatable bonds is 0. The summed E-state index contributed by atoms with van der Waals surface area (Å²) in [6, 6.07) is 0. The molecule has 0 aliphatic rings. The van der Waals surface area contributed by atoms with Crippen molar-refractivity contribution in [2.24, 2.45) is 0 Å². The van der Waals surface area contributed by atoms with Gasteiger partial charge in [-0.1, -0.05) is 0 Å². The molecule has 1 heteroatoms. The minimum absolute atomic E-state index is 0.683. The van der Waals surface area contributed by atoms with E-state index in [1.807, 2.05) is 0 Å². The van der Waals surface area contributed by atoms with Crippen LogP contribution in [0.4, 0.5) is 0 Å². The van der Waals surface area contributed by atoms with Crippen molar-refractivity contribution in [3.63, 3.8) is 0 Å². The van der Waals surface area contributed by atoms with Crippen LogP contribution in [0.15, 0.2) is 0 Å². The van der Waals surface area contributed by atoms with E-state index in [1.165, 1.54) is 0 Å². The van der Waals surface area contributed by atoms with E-state index < -0.39 is 20.2 Å². The molecule has 0 saturated heterocycles. The summed E-state index contributed by atoms with van der Waals surface area (Å²) in [5.41, 5.74) is 0. The van der Waals surface area contributed by atoms with Crippen LogP contribution < -0.4 is 0 Å². The van der Waals surface area contributed by atoms with Crippen LogP contribution in [0.25, 0.3) is 0 Å². The molecule has 0 aliphatic heterocycles. The van der Waals surface area contributed by atoms with E-state index in [-0.39, 0.29) is 0 Å². The van der Waals surface area contributed by atoms with Crippen molar-refractivity contribution in [2.75, 3.05) is 0 Å². The van der Waals surface area contributed by atoms with Gasteiger partial charge in [-0.2, -0.15) is 0 Å². The molecule has 0 amide bonds. The fourth-order valence-corrected chi connectivity index (χ4v) is 0. The predicted octanol–water partition coefficient (Wildman–Crippen LogP) is 2.54. The maximum absolute atomic E-state index is 2.43. The van der Waals surface area contributed by atoms with Crippen molar-refractivity contribution in [3.8, 4) is 0 Å². The molecule has 0 saturated carbocycles. The molecule has 7 heavy (non-hydrogen) atoms. The van der Waals surface area contributed by atoms with Crippen LogP contribution in [0.1, 0.15) is 20.8 Å². The third-order valence-corrected chi connectivity index (χ3v) is 9.00. The Morgan fingerprint density at radius 3 is 1.14 bits per heavy atom. The molecule has 0 aromatic carbocycles. The quantitative estimate of drug-likeness (QED) is 0.537. The molecule has 0 atom stereocenters. The van der Waals surface area contributed by atoms with Gasteiger partial charge < -0.3 is 0 Å². The SMILES string of the molecule is [CH3][Sb]([CH3])[C](C)(C)C. The van der Waals surface area contributed by atoms with Crippen LogP contribution in [0, 0.1) is 0 Å². The van der Waals surface area contributed by atoms with Gasteiger partial charge in [0.2, 0.25) is 0 Å². The first-order chi connectivity index (χ1) is 2.94. The van der Waals surface area contributed by atoms with Gasteiger partial charge in [-0.05, 0) is 0 Å². The van der Waals surface area contributed by atoms with Crippen LogP contribution >= 0.6 is 0 Å². The summed E-state index contributed by atoms with van der Waals surface area (Å²) in [5.74, 6) is 0. The van der Waals surface area contributed by atoms with Crippen molar-refractivity contribution in [1.82, 2.24) is 0 Å². The molecular weight excluding hydrogens is 194 g/mol. The first-order valence-electron chi connectivity index (χ1n) is 2.62. The first kappa shape index (κ1) is 7.82. The normalized spacial score (nSPS) is 12.9. The van der Waals surface area contributed by atoms with E-state index in [1.54, 1.807) is 0 Å². The third-order valence-electron chi connectivity index (χ3n) is 1.34. The van der Waals surface area contributed by atoms with Crippen LogP contribution in [0.5, 0.6) is 0 Å². The Labute approximate surface area is 54.3 Å². The molecule has 0 aliphatic carbocycles. The minimum atomic E-state index is -0.729. The fourth-order valence-electron chi connectivity index (χ4n) is 0. The molecule has 0 aromatic rings. The van der Waals surface area contributed by atoms with Gasteiger partial charge in [0.1, 0.15) is 0 Å². The zero-order chi connectivity index (χ0) is 6.08. The number of hydrogen-bond donors (Lipinski definition) is 0. The van der Waals surface area contributed by atoms with Crippen molar-refractivity contribution in [3.05, 3.63) is 0 Å². The number of hydrogen-bond acceptors (Lipinski definition) is 0. The molecule has 0 rings (SSSR count). The van der Waals surface area contributed by atoms with Crippen LogP contribution in [-0.2, 0) is 0 Å². The molecular formula is C6H15Sb. The Hall–Kier alpha value is 0.818. The Bertz CT molecular complexity index is 49.7. The summed E-state index contributed by atoms with van der Waals surface area (Å²) < 4.78 is 0.683. The summed E-state index contributed by atoms with van der Waals surface area (Å²) >= 11 is -0.729. The Morgan fingerprint density at radius 2 is 1.14 bits per heavy atom. The standard InChI is InChI=1S/C4H9.2CH3.Sb/c1-4(2)3;;;/h1-3H3;2*1H3;. The summed E-state index contributed by atoms with van der Waals surface area (Å²) in [4.78, 5) is 4.87. The predicted molar refractivity (Wildman–Crippen MR) is 37.2 cm³/mol. The molecule has 0 N–H and O–H groups in total. The van der Waals surface area contributed by atoms with Crippen LogP contribution in [-0.4, -0.2) is 20.2 Å². The van der Waals surface area contributed by atoms with E-state index in [0.29, 0.717) is 3.36 Å². The van der Waals surface area contributed by atoms with Crippen molar-refractivity contribution in [2.45, 2.75) is 33.9 Å². The first-order valence-corrected chi connectivity index (χ1v) is 9.00. The molecule has 0 heterocycles. The Kier molecular flexibility index (Phi) is 2.67. The topological polar surface area (TPSA) is 0 Å². The van der Waals surface area contributed by atoms with Gasteiger partial charge in [-0.25, -0.2) is 0 Å². The van der Waals surface area contributed by atoms with E-state index >= 15 is 0 Å². The second-order valence-corrected chi connectivity index (χ2v) is 12.0. The second kappa shape index (κ2) is 2.39. The Balaban J connectivity index is 3.54. The van der Waals surface area contributed by atoms with Crippen molar-refractivity contribution in [1.29, 1.82) is 0 Å². The molecule has 0 spiro atoms. The van der Waals surface area contributed by atoms with Gasteiger partial charge in [0.25, 0.3) is 0 Å². The maximum atomic E-state index is 2.43. The summed E-state index contributed by atoms with van der Waals surface area (Å²) in [7, 11) is 0. The monoisotopic (exact) mass is 208 g/mol. The van der Waals surface area contributed by atoms with E-state index in [4.69, 9.17) is 0 Å². The summed E-state index contributed by atoms with van der Waals surface area (Å²) in [6.45, 7) is 7.03. The van der Waals surface area contributed by atoms with Crippen molar-refractivity contribution >= 4 is 20.2 Å². The van der Waals surface area contributed by atoms with E-state index in [9.17, 15) is 0 Å². The molecule has 0 bridgehead atoms. The van der Waals surface area contributed by atoms with Gasteiger partial charge in [-0.15, -0.1) is 0 Å². The van der Waals surface area contributed by atoms with Gasteiger partial charge in [-0.3, -0.25) is 0 Å². The fraction of sp³-hybridized carbons (Fsp3) is 1.00. The molecule has 0 fully saturated rings. The summed E-state index contributed by atoms with van der Waals surface area (Å²) in [6.07, 6.45) is 0. The van der Waals surface area contributed by atoms with Gasteiger partial charge >= 0.3 is 54.1 Å². The van der Waals surface area contributed by atoms with Crippen LogP contribution in [0.2, 0.25) is 13.1 Å². The zero-order valence-electron chi connectivity index (χ0n) is 5.95. The average molecular weight is 209 g/mol. The molecule has 0 radical (unpaired) electrons. The van der Waals surface area contributed by atoms with E-state index in [2.05, 4.69) is 30.5 Å². The third kappa shape index (κ3) is 3.40. The second-order valence-electron chi connectivity index (χ2n) is 3.07. The molecule has 0 aromatic heterocycles. The molecule has 44 valence electrons. The van der Waals surface area contributed by atoms with Crippen molar-refractivity contribution < 1.29 is 0 Å². The van der Waals surface area contributed by atoms with Gasteiger partial charge in [0.15, 0.2) is 0 Å². The Morgan fingerprint density at radius 1 is 1.00 bits per heavy atom. The van der Waals surface area contributed by atoms with Crippen LogP contribution in [0.3, 0.4) is 0 Å². The molecule has 0 unspecified atom stereocenters. The van der Waals surface area contributed by atoms with E-state index in [0.717, 1.165) is 0 Å². The summed E-state index contributed by atoms with van der Waals surface area (Å²) in [5, 5.41) is 0. The van der Waals surface area contributed by atoms with Gasteiger partial charge in [0, 0.05) is 0 Å². The zero-order valence-corrected chi connectivity index (χ0v) is 8.50. The average Bonchev–Trinajstić information content (AvgIpc) is 1.31.